The Morgan fingerprint density at radius 1 is 1.00 bits per heavy atom. The van der Waals surface area contributed by atoms with Gasteiger partial charge in [0.05, 0.1) is 22.1 Å². The van der Waals surface area contributed by atoms with Crippen molar-refractivity contribution in [3.05, 3.63) is 98.4 Å². The van der Waals surface area contributed by atoms with Crippen LogP contribution >= 0.6 is 35.0 Å². The normalized spacial score (nSPS) is 13.9. The maximum Gasteiger partial charge on any atom is 0.339 e. The summed E-state index contributed by atoms with van der Waals surface area (Å²) >= 11 is 13.0. The molecule has 0 unspecified atom stereocenters. The number of anilines is 1. The summed E-state index contributed by atoms with van der Waals surface area (Å²) in [7, 11) is 0. The molecular formula is C30H26Cl2N2O6S. The van der Waals surface area contributed by atoms with E-state index in [4.69, 9.17) is 32.7 Å². The van der Waals surface area contributed by atoms with Gasteiger partial charge in [-0.2, -0.15) is 0 Å². The zero-order valence-electron chi connectivity index (χ0n) is 22.0. The zero-order chi connectivity index (χ0) is 29.4. The van der Waals surface area contributed by atoms with E-state index in [1.54, 1.807) is 36.4 Å². The highest BCUT2D eigenvalue weighted by atomic mass is 35.5. The first-order chi connectivity index (χ1) is 19.7. The molecule has 3 amide bonds. The summed E-state index contributed by atoms with van der Waals surface area (Å²) in [6.45, 7) is 2.05. The molecule has 0 radical (unpaired) electrons. The summed E-state index contributed by atoms with van der Waals surface area (Å²) < 4.78 is 11.0. The number of esters is 1. The average molecular weight is 614 g/mol. The second-order valence-electron chi connectivity index (χ2n) is 8.95. The van der Waals surface area contributed by atoms with Crippen molar-refractivity contribution in [1.82, 2.24) is 4.90 Å². The molecule has 0 aromatic heterocycles. The van der Waals surface area contributed by atoms with E-state index in [1.807, 2.05) is 25.1 Å². The van der Waals surface area contributed by atoms with Crippen LogP contribution in [0.4, 0.5) is 10.5 Å². The van der Waals surface area contributed by atoms with E-state index >= 15 is 0 Å². The van der Waals surface area contributed by atoms with E-state index in [1.165, 1.54) is 18.2 Å². The van der Waals surface area contributed by atoms with Gasteiger partial charge in [0.25, 0.3) is 11.1 Å². The molecule has 41 heavy (non-hydrogen) atoms. The van der Waals surface area contributed by atoms with Crippen LogP contribution in [0.3, 0.4) is 0 Å². The zero-order valence-corrected chi connectivity index (χ0v) is 24.4. The van der Waals surface area contributed by atoms with Gasteiger partial charge in [0.1, 0.15) is 18.9 Å². The first kappa shape index (κ1) is 30.2. The largest absolute Gasteiger partial charge is 0.489 e. The molecule has 3 aromatic rings. The van der Waals surface area contributed by atoms with Crippen molar-refractivity contribution in [2.24, 2.45) is 0 Å². The molecule has 212 valence electrons. The first-order valence-corrected chi connectivity index (χ1v) is 14.3. The Balaban J connectivity index is 1.34. The number of rotatable bonds is 11. The molecule has 1 N–H and O–H groups in total. The van der Waals surface area contributed by atoms with E-state index in [2.05, 4.69) is 5.32 Å². The second-order valence-corrected chi connectivity index (χ2v) is 10.8. The highest BCUT2D eigenvalue weighted by Gasteiger charge is 2.36. The predicted molar refractivity (Wildman–Crippen MR) is 160 cm³/mol. The smallest absolute Gasteiger partial charge is 0.339 e. The monoisotopic (exact) mass is 612 g/mol. The molecule has 0 saturated carbocycles. The predicted octanol–water partition coefficient (Wildman–Crippen LogP) is 7.20. The Kier molecular flexibility index (Phi) is 10.5. The number of thioether (sulfide) groups is 1. The summed E-state index contributed by atoms with van der Waals surface area (Å²) in [6.07, 6.45) is 3.17. The van der Waals surface area contributed by atoms with Crippen molar-refractivity contribution >= 4 is 69.8 Å². The molecule has 1 aliphatic rings. The lowest BCUT2D eigenvalue weighted by molar-refractivity contribution is -0.127. The molecule has 8 nitrogen and oxygen atoms in total. The molecule has 0 spiro atoms. The lowest BCUT2D eigenvalue weighted by Gasteiger charge is -2.13. The van der Waals surface area contributed by atoms with Crippen molar-refractivity contribution < 1.29 is 28.7 Å². The Bertz CT molecular complexity index is 1490. The molecule has 1 fully saturated rings. The number of hydrogen-bond donors (Lipinski definition) is 1. The molecule has 4 rings (SSSR count). The van der Waals surface area contributed by atoms with Crippen LogP contribution in [0.15, 0.2) is 71.6 Å². The van der Waals surface area contributed by atoms with E-state index in [0.717, 1.165) is 35.1 Å². The molecular weight excluding hydrogens is 587 g/mol. The number of hydrogen-bond acceptors (Lipinski definition) is 7. The van der Waals surface area contributed by atoms with Gasteiger partial charge in [0.15, 0.2) is 0 Å². The fourth-order valence-corrected chi connectivity index (χ4v) is 4.94. The van der Waals surface area contributed by atoms with E-state index in [9.17, 15) is 19.2 Å². The minimum Gasteiger partial charge on any atom is -0.489 e. The summed E-state index contributed by atoms with van der Waals surface area (Å²) in [6, 6.07) is 18.8. The van der Waals surface area contributed by atoms with Crippen molar-refractivity contribution in [2.45, 2.75) is 26.4 Å². The van der Waals surface area contributed by atoms with Crippen LogP contribution < -0.4 is 10.1 Å². The van der Waals surface area contributed by atoms with E-state index in [0.29, 0.717) is 22.9 Å². The summed E-state index contributed by atoms with van der Waals surface area (Å²) in [5.74, 6) is -1.17. The fraction of sp³-hybridized carbons (Fsp3) is 0.200. The molecule has 11 heteroatoms. The third-order valence-electron chi connectivity index (χ3n) is 5.91. The van der Waals surface area contributed by atoms with Crippen molar-refractivity contribution in [1.29, 1.82) is 0 Å². The lowest BCUT2D eigenvalue weighted by atomic mass is 10.2. The number of carbonyl (C=O) groups is 4. The van der Waals surface area contributed by atoms with Gasteiger partial charge in [-0.1, -0.05) is 66.9 Å². The van der Waals surface area contributed by atoms with Crippen molar-refractivity contribution in [3.63, 3.8) is 0 Å². The minimum atomic E-state index is -0.610. The summed E-state index contributed by atoms with van der Waals surface area (Å²) in [5.41, 5.74) is 1.93. The van der Waals surface area contributed by atoms with Crippen LogP contribution in [0.25, 0.3) is 6.08 Å². The highest BCUT2D eigenvalue weighted by molar-refractivity contribution is 8.18. The molecule has 0 atom stereocenters. The quantitative estimate of drug-likeness (QED) is 0.139. The number of carbonyl (C=O) groups excluding carboxylic acids is 4. The minimum absolute atomic E-state index is 0.106. The van der Waals surface area contributed by atoms with Gasteiger partial charge in [0, 0.05) is 16.3 Å². The van der Waals surface area contributed by atoms with Gasteiger partial charge in [-0.25, -0.2) is 4.79 Å². The summed E-state index contributed by atoms with van der Waals surface area (Å²) in [4.78, 5) is 51.5. The number of nitrogens with zero attached hydrogens (tertiary/aromatic N) is 1. The number of benzene rings is 3. The standard InChI is InChI=1S/C30H26Cl2N2O6S/c1-2-3-14-39-29(37)23-16-21(10-13-25(23)32)33-27(35)17-34-28(36)26(41-30(34)38)15-19-8-11-22(12-9-19)40-18-20-6-4-5-7-24(20)31/h4-13,15-16H,2-3,14,17-18H2,1H3,(H,33,35)/b26-15+. The van der Waals surface area contributed by atoms with Crippen LogP contribution in [0, 0.1) is 0 Å². The van der Waals surface area contributed by atoms with Gasteiger partial charge in [0.2, 0.25) is 5.91 Å². The number of amides is 3. The third-order valence-corrected chi connectivity index (χ3v) is 7.51. The molecule has 0 aliphatic carbocycles. The average Bonchev–Trinajstić information content (AvgIpc) is 3.21. The molecule has 3 aromatic carbocycles. The lowest BCUT2D eigenvalue weighted by Crippen LogP contribution is -2.36. The van der Waals surface area contributed by atoms with Gasteiger partial charge in [-0.05, 0) is 66.2 Å². The van der Waals surface area contributed by atoms with E-state index < -0.39 is 29.6 Å². The number of ether oxygens (including phenoxy) is 2. The van der Waals surface area contributed by atoms with Gasteiger partial charge in [-0.3, -0.25) is 19.3 Å². The SMILES string of the molecule is CCCCOC(=O)c1cc(NC(=O)CN2C(=O)S/C(=C/c3ccc(OCc4ccccc4Cl)cc3)C2=O)ccc1Cl. The maximum atomic E-state index is 12.9. The van der Waals surface area contributed by atoms with Crippen LogP contribution in [0.1, 0.15) is 41.3 Å². The van der Waals surface area contributed by atoms with Crippen LogP contribution in [0.2, 0.25) is 10.0 Å². The molecule has 0 bridgehead atoms. The maximum absolute atomic E-state index is 12.9. The van der Waals surface area contributed by atoms with Crippen LogP contribution in [0.5, 0.6) is 5.75 Å². The third kappa shape index (κ3) is 8.13. The molecule has 1 heterocycles. The Labute approximate surface area is 251 Å². The number of imide groups is 1. The molecule has 1 saturated heterocycles. The first-order valence-electron chi connectivity index (χ1n) is 12.7. The fourth-order valence-electron chi connectivity index (χ4n) is 3.72. The number of nitrogens with one attached hydrogen (secondary N) is 1. The second kappa shape index (κ2) is 14.2. The summed E-state index contributed by atoms with van der Waals surface area (Å²) in [5, 5.41) is 2.83. The van der Waals surface area contributed by atoms with Crippen molar-refractivity contribution in [2.75, 3.05) is 18.5 Å². The molecule has 1 aliphatic heterocycles. The van der Waals surface area contributed by atoms with Crippen molar-refractivity contribution in [3.8, 4) is 5.75 Å². The number of halogens is 2. The Morgan fingerprint density at radius 2 is 1.76 bits per heavy atom. The van der Waals surface area contributed by atoms with Gasteiger partial charge in [-0.15, -0.1) is 0 Å². The highest BCUT2D eigenvalue weighted by Crippen LogP contribution is 2.32. The van der Waals surface area contributed by atoms with Crippen LogP contribution in [-0.2, 0) is 20.9 Å². The van der Waals surface area contributed by atoms with Gasteiger partial charge >= 0.3 is 5.97 Å². The van der Waals surface area contributed by atoms with Gasteiger partial charge < -0.3 is 14.8 Å². The number of unbranched alkanes of at least 4 members (excludes halogenated alkanes) is 1. The topological polar surface area (TPSA) is 102 Å². The Hall–Kier alpha value is -3.79. The van der Waals surface area contributed by atoms with E-state index in [-0.39, 0.29) is 27.8 Å². The Morgan fingerprint density at radius 3 is 2.49 bits per heavy atom. The van der Waals surface area contributed by atoms with Crippen LogP contribution in [-0.4, -0.2) is 41.1 Å².